The maximum absolute atomic E-state index is 11.5. The summed E-state index contributed by atoms with van der Waals surface area (Å²) in [5, 5.41) is 3.95. The molecular weight excluding hydrogens is 284 g/mol. The van der Waals surface area contributed by atoms with Crippen LogP contribution in [0.3, 0.4) is 0 Å². The van der Waals surface area contributed by atoms with Gasteiger partial charge in [0.1, 0.15) is 0 Å². The lowest BCUT2D eigenvalue weighted by molar-refractivity contribution is 0.0926. The van der Waals surface area contributed by atoms with Crippen LogP contribution >= 0.6 is 15.9 Å². The van der Waals surface area contributed by atoms with Gasteiger partial charge in [-0.3, -0.25) is 4.79 Å². The molecule has 1 atom stereocenters. The number of nitrogens with zero attached hydrogens (tertiary/aromatic N) is 1. The predicted octanol–water partition coefficient (Wildman–Crippen LogP) is 3.11. The Kier molecular flexibility index (Phi) is 4.14. The van der Waals surface area contributed by atoms with Crippen molar-refractivity contribution in [3.63, 3.8) is 0 Å². The van der Waals surface area contributed by atoms with Crippen molar-refractivity contribution in [2.45, 2.75) is 19.3 Å². The molecule has 0 fully saturated rings. The van der Waals surface area contributed by atoms with E-state index in [0.717, 1.165) is 19.3 Å². The Morgan fingerprint density at radius 1 is 1.53 bits per heavy atom. The van der Waals surface area contributed by atoms with Gasteiger partial charge in [0, 0.05) is 6.21 Å². The van der Waals surface area contributed by atoms with Crippen LogP contribution in [0.5, 0.6) is 0 Å². The van der Waals surface area contributed by atoms with Crippen molar-refractivity contribution in [3.05, 3.63) is 34.7 Å². The van der Waals surface area contributed by atoms with Crippen LogP contribution in [-0.2, 0) is 0 Å². The first-order chi connectivity index (χ1) is 8.25. The van der Waals surface area contributed by atoms with Gasteiger partial charge >= 0.3 is 5.91 Å². The van der Waals surface area contributed by atoms with E-state index in [1.807, 2.05) is 0 Å². The smallest absolute Gasteiger partial charge is 0.307 e. The highest BCUT2D eigenvalue weighted by Crippen LogP contribution is 2.16. The van der Waals surface area contributed by atoms with E-state index in [4.69, 9.17) is 4.42 Å². The molecule has 1 aliphatic carbocycles. The normalized spacial score (nSPS) is 19.7. The number of hydrogen-bond acceptors (Lipinski definition) is 3. The molecule has 2 rings (SSSR count). The van der Waals surface area contributed by atoms with Gasteiger partial charge in [0.05, 0.1) is 0 Å². The van der Waals surface area contributed by atoms with Crippen LogP contribution in [0, 0.1) is 5.92 Å². The number of nitrogens with one attached hydrogen (secondary N) is 1. The van der Waals surface area contributed by atoms with Crippen LogP contribution in [0.2, 0.25) is 0 Å². The molecular formula is C12H13BrN2O2. The summed E-state index contributed by atoms with van der Waals surface area (Å²) in [4.78, 5) is 11.5. The minimum atomic E-state index is -0.335. The molecule has 4 nitrogen and oxygen atoms in total. The van der Waals surface area contributed by atoms with Gasteiger partial charge in [-0.1, -0.05) is 12.2 Å². The van der Waals surface area contributed by atoms with E-state index in [1.165, 1.54) is 0 Å². The highest BCUT2D eigenvalue weighted by atomic mass is 79.9. The summed E-state index contributed by atoms with van der Waals surface area (Å²) in [6, 6.07) is 3.27. The van der Waals surface area contributed by atoms with Gasteiger partial charge in [0.25, 0.3) is 0 Å². The number of hydrogen-bond donors (Lipinski definition) is 1. The van der Waals surface area contributed by atoms with Gasteiger partial charge in [-0.2, -0.15) is 5.10 Å². The molecule has 0 radical (unpaired) electrons. The van der Waals surface area contributed by atoms with Crippen molar-refractivity contribution in [2.75, 3.05) is 0 Å². The molecule has 1 aromatic heterocycles. The van der Waals surface area contributed by atoms with Crippen molar-refractivity contribution in [3.8, 4) is 0 Å². The molecule has 1 N–H and O–H groups in total. The third-order valence-corrected chi connectivity index (χ3v) is 2.98. The summed E-state index contributed by atoms with van der Waals surface area (Å²) >= 11 is 3.14. The van der Waals surface area contributed by atoms with Crippen molar-refractivity contribution in [1.82, 2.24) is 5.43 Å². The third kappa shape index (κ3) is 3.56. The Morgan fingerprint density at radius 3 is 3.06 bits per heavy atom. The minimum Gasteiger partial charge on any atom is -0.444 e. The SMILES string of the molecule is O=C(NN=CC1CC=CCC1)c1ccc(Br)o1. The van der Waals surface area contributed by atoms with Gasteiger partial charge in [0.15, 0.2) is 10.4 Å². The van der Waals surface area contributed by atoms with Crippen LogP contribution in [0.1, 0.15) is 29.8 Å². The monoisotopic (exact) mass is 296 g/mol. The Bertz CT molecular complexity index is 451. The highest BCUT2D eigenvalue weighted by Gasteiger charge is 2.10. The van der Waals surface area contributed by atoms with Crippen LogP contribution < -0.4 is 5.43 Å². The van der Waals surface area contributed by atoms with E-state index in [-0.39, 0.29) is 11.7 Å². The van der Waals surface area contributed by atoms with Crippen molar-refractivity contribution in [1.29, 1.82) is 0 Å². The Balaban J connectivity index is 1.83. The maximum Gasteiger partial charge on any atom is 0.307 e. The second kappa shape index (κ2) is 5.82. The van der Waals surface area contributed by atoms with E-state index in [2.05, 4.69) is 38.6 Å². The summed E-state index contributed by atoms with van der Waals surface area (Å²) in [6.45, 7) is 0. The summed E-state index contributed by atoms with van der Waals surface area (Å²) in [7, 11) is 0. The number of carbonyl (C=O) groups is 1. The Morgan fingerprint density at radius 2 is 2.41 bits per heavy atom. The fourth-order valence-corrected chi connectivity index (χ4v) is 1.95. The van der Waals surface area contributed by atoms with E-state index >= 15 is 0 Å². The molecule has 1 heterocycles. The molecule has 0 saturated carbocycles. The molecule has 1 unspecified atom stereocenters. The lowest BCUT2D eigenvalue weighted by atomic mass is 9.96. The number of halogens is 1. The topological polar surface area (TPSA) is 54.6 Å². The van der Waals surface area contributed by atoms with Crippen LogP contribution in [0.4, 0.5) is 0 Å². The summed E-state index contributed by atoms with van der Waals surface area (Å²) in [5.41, 5.74) is 2.45. The molecule has 0 bridgehead atoms. The van der Waals surface area contributed by atoms with Gasteiger partial charge in [-0.25, -0.2) is 5.43 Å². The number of hydrazone groups is 1. The standard InChI is InChI=1S/C12H13BrN2O2/c13-11-7-6-10(17-11)12(16)15-14-8-9-4-2-1-3-5-9/h1-2,6-9H,3-5H2,(H,15,16). The van der Waals surface area contributed by atoms with Gasteiger partial charge in [0.2, 0.25) is 0 Å². The Labute approximate surface area is 108 Å². The van der Waals surface area contributed by atoms with Gasteiger partial charge in [-0.05, 0) is 53.2 Å². The van der Waals surface area contributed by atoms with E-state index in [0.29, 0.717) is 10.6 Å². The molecule has 0 aliphatic heterocycles. The first kappa shape index (κ1) is 12.1. The van der Waals surface area contributed by atoms with Crippen LogP contribution in [-0.4, -0.2) is 12.1 Å². The van der Waals surface area contributed by atoms with Crippen molar-refractivity contribution >= 4 is 28.1 Å². The Hall–Kier alpha value is -1.36. The molecule has 1 aromatic rings. The van der Waals surface area contributed by atoms with Gasteiger partial charge < -0.3 is 4.42 Å². The van der Waals surface area contributed by atoms with E-state index in [1.54, 1.807) is 18.3 Å². The molecule has 0 spiro atoms. The first-order valence-corrected chi connectivity index (χ1v) is 6.29. The lowest BCUT2D eigenvalue weighted by Crippen LogP contribution is -2.18. The summed E-state index contributed by atoms with van der Waals surface area (Å²) in [6.07, 6.45) is 9.26. The second-order valence-electron chi connectivity index (χ2n) is 3.87. The molecule has 1 aliphatic rings. The largest absolute Gasteiger partial charge is 0.444 e. The van der Waals surface area contributed by atoms with Gasteiger partial charge in [-0.15, -0.1) is 0 Å². The number of furan rings is 1. The molecule has 17 heavy (non-hydrogen) atoms. The number of amides is 1. The maximum atomic E-state index is 11.5. The highest BCUT2D eigenvalue weighted by molar-refractivity contribution is 9.10. The van der Waals surface area contributed by atoms with Crippen molar-refractivity contribution < 1.29 is 9.21 Å². The van der Waals surface area contributed by atoms with E-state index in [9.17, 15) is 4.79 Å². The third-order valence-electron chi connectivity index (χ3n) is 2.56. The molecule has 5 heteroatoms. The van der Waals surface area contributed by atoms with Crippen LogP contribution in [0.15, 0.2) is 38.5 Å². The number of rotatable bonds is 3. The zero-order valence-electron chi connectivity index (χ0n) is 9.23. The summed E-state index contributed by atoms with van der Waals surface area (Å²) in [5.74, 6) is 0.333. The number of carbonyl (C=O) groups excluding carboxylic acids is 1. The first-order valence-electron chi connectivity index (χ1n) is 5.49. The lowest BCUT2D eigenvalue weighted by Gasteiger charge is -2.11. The second-order valence-corrected chi connectivity index (χ2v) is 4.65. The van der Waals surface area contributed by atoms with Crippen molar-refractivity contribution in [2.24, 2.45) is 11.0 Å². The molecule has 0 saturated heterocycles. The fraction of sp³-hybridized carbons (Fsp3) is 0.333. The minimum absolute atomic E-state index is 0.248. The van der Waals surface area contributed by atoms with Crippen LogP contribution in [0.25, 0.3) is 0 Å². The van der Waals surface area contributed by atoms with E-state index < -0.39 is 0 Å². The quantitative estimate of drug-likeness (QED) is 0.529. The molecule has 1 amide bonds. The predicted molar refractivity (Wildman–Crippen MR) is 68.8 cm³/mol. The fourth-order valence-electron chi connectivity index (χ4n) is 1.65. The average Bonchev–Trinajstić information content (AvgIpc) is 2.77. The average molecular weight is 297 g/mol. The molecule has 0 aromatic carbocycles. The summed E-state index contributed by atoms with van der Waals surface area (Å²) < 4.78 is 5.64. The zero-order chi connectivity index (χ0) is 12.1. The zero-order valence-corrected chi connectivity index (χ0v) is 10.8. The molecule has 90 valence electrons. The number of allylic oxidation sites excluding steroid dienone is 2.